The minimum absolute atomic E-state index is 0. The maximum absolute atomic E-state index is 13.7. The normalized spacial score (nSPS) is 13.7. The van der Waals surface area contributed by atoms with E-state index in [0.29, 0.717) is 36.7 Å². The van der Waals surface area contributed by atoms with Crippen molar-refractivity contribution in [1.29, 1.82) is 0 Å². The molecular formula is C21H20ClF3N6O4. The fourth-order valence-corrected chi connectivity index (χ4v) is 3.54. The monoisotopic (exact) mass is 512 g/mol. The van der Waals surface area contributed by atoms with Crippen molar-refractivity contribution in [3.8, 4) is 0 Å². The zero-order chi connectivity index (χ0) is 24.2. The lowest BCUT2D eigenvalue weighted by Crippen LogP contribution is -2.34. The summed E-state index contributed by atoms with van der Waals surface area (Å²) in [4.78, 5) is 29.6. The van der Waals surface area contributed by atoms with Crippen LogP contribution in [0.2, 0.25) is 0 Å². The number of pyridine rings is 1. The van der Waals surface area contributed by atoms with E-state index in [2.05, 4.69) is 25.8 Å². The second-order valence-corrected chi connectivity index (χ2v) is 7.67. The quantitative estimate of drug-likeness (QED) is 0.402. The van der Waals surface area contributed by atoms with Gasteiger partial charge in [0.15, 0.2) is 11.6 Å². The van der Waals surface area contributed by atoms with E-state index in [1.54, 1.807) is 12.1 Å². The number of benzene rings is 1. The van der Waals surface area contributed by atoms with Crippen LogP contribution in [0.5, 0.6) is 0 Å². The van der Waals surface area contributed by atoms with Crippen LogP contribution in [0.1, 0.15) is 29.9 Å². The Morgan fingerprint density at radius 2 is 1.80 bits per heavy atom. The lowest BCUT2D eigenvalue weighted by Gasteiger charge is -2.32. The van der Waals surface area contributed by atoms with Crippen molar-refractivity contribution in [2.75, 3.05) is 28.6 Å². The van der Waals surface area contributed by atoms with Gasteiger partial charge in [0.2, 0.25) is 0 Å². The van der Waals surface area contributed by atoms with Crippen LogP contribution in [-0.4, -0.2) is 45.3 Å². The third-order valence-electron chi connectivity index (χ3n) is 5.28. The molecule has 1 amide bonds. The van der Waals surface area contributed by atoms with Crippen LogP contribution >= 0.6 is 12.4 Å². The number of carboxylic acid groups (broad SMARTS) is 1. The molecule has 0 spiro atoms. The Morgan fingerprint density at radius 1 is 1.09 bits per heavy atom. The minimum atomic E-state index is -1.35. The summed E-state index contributed by atoms with van der Waals surface area (Å²) >= 11 is 0. The van der Waals surface area contributed by atoms with E-state index in [1.807, 2.05) is 4.90 Å². The number of aliphatic carboxylic acids is 1. The Bertz CT molecular complexity index is 1200. The summed E-state index contributed by atoms with van der Waals surface area (Å²) < 4.78 is 45.2. The molecule has 3 aromatic rings. The third-order valence-corrected chi connectivity index (χ3v) is 5.28. The van der Waals surface area contributed by atoms with Crippen molar-refractivity contribution in [2.45, 2.75) is 19.3 Å². The number of carbonyl (C=O) groups is 2. The van der Waals surface area contributed by atoms with Gasteiger partial charge in [-0.3, -0.25) is 9.59 Å². The number of carbonyl (C=O) groups excluding carboxylic acids is 1. The lowest BCUT2D eigenvalue weighted by molar-refractivity contribution is -0.138. The summed E-state index contributed by atoms with van der Waals surface area (Å²) in [6, 6.07) is 3.90. The van der Waals surface area contributed by atoms with Crippen molar-refractivity contribution in [1.82, 2.24) is 15.2 Å². The Labute approximate surface area is 203 Å². The van der Waals surface area contributed by atoms with Crippen molar-refractivity contribution >= 4 is 47.5 Å². The Kier molecular flexibility index (Phi) is 8.12. The molecule has 1 fully saturated rings. The van der Waals surface area contributed by atoms with Crippen molar-refractivity contribution < 1.29 is 32.3 Å². The molecule has 186 valence electrons. The minimum Gasteiger partial charge on any atom is -0.481 e. The van der Waals surface area contributed by atoms with E-state index < -0.39 is 46.9 Å². The molecule has 4 rings (SSSR count). The third kappa shape index (κ3) is 6.38. The summed E-state index contributed by atoms with van der Waals surface area (Å²) in [6.45, 7) is 1.37. The van der Waals surface area contributed by atoms with E-state index in [-0.39, 0.29) is 24.7 Å². The predicted octanol–water partition coefficient (Wildman–Crippen LogP) is 3.99. The molecule has 0 aliphatic carbocycles. The van der Waals surface area contributed by atoms with Gasteiger partial charge in [0.25, 0.3) is 0 Å². The van der Waals surface area contributed by atoms with Crippen molar-refractivity contribution in [3.63, 3.8) is 0 Å². The van der Waals surface area contributed by atoms with Crippen LogP contribution in [0, 0.1) is 23.4 Å². The fourth-order valence-electron chi connectivity index (χ4n) is 3.54. The molecule has 1 aliphatic heterocycles. The van der Waals surface area contributed by atoms with Crippen LogP contribution in [0.4, 0.5) is 36.4 Å². The highest BCUT2D eigenvalue weighted by atomic mass is 35.5. The molecule has 0 atom stereocenters. The highest BCUT2D eigenvalue weighted by Gasteiger charge is 2.22. The number of anilines is 4. The number of halogens is 4. The van der Waals surface area contributed by atoms with Gasteiger partial charge in [0, 0.05) is 31.6 Å². The van der Waals surface area contributed by atoms with Gasteiger partial charge < -0.3 is 25.1 Å². The first kappa shape index (κ1) is 25.7. The summed E-state index contributed by atoms with van der Waals surface area (Å²) in [7, 11) is 0. The van der Waals surface area contributed by atoms with Gasteiger partial charge in [0.05, 0.1) is 17.6 Å². The predicted molar refractivity (Wildman–Crippen MR) is 121 cm³/mol. The molecule has 1 aromatic carbocycles. The average Bonchev–Trinajstić information content (AvgIpc) is 3.27. The first-order chi connectivity index (χ1) is 16.3. The zero-order valence-corrected chi connectivity index (χ0v) is 18.8. The largest absolute Gasteiger partial charge is 0.481 e. The Hall–Kier alpha value is -3.87. The van der Waals surface area contributed by atoms with E-state index in [4.69, 9.17) is 9.52 Å². The number of carboxylic acids is 1. The highest BCUT2D eigenvalue weighted by molar-refractivity contribution is 6.00. The standard InChI is InChI=1S/C21H19F3N6O4.ClH/c22-13-8-15(24)16(9-14(13)23)27-21-29-28-20(34-21)19(33)26-12-1-2-17(25-10-12)30-5-3-11(4-6-30)7-18(31)32;/h1-2,8-11H,3-7H2,(H,26,33)(H,27,29)(H,31,32);1H. The molecule has 0 unspecified atom stereocenters. The van der Waals surface area contributed by atoms with Gasteiger partial charge in [-0.15, -0.1) is 17.5 Å². The van der Waals surface area contributed by atoms with Crippen LogP contribution in [0.25, 0.3) is 0 Å². The van der Waals surface area contributed by atoms with E-state index in [1.165, 1.54) is 6.20 Å². The number of piperidine rings is 1. The van der Waals surface area contributed by atoms with Crippen molar-refractivity contribution in [2.24, 2.45) is 5.92 Å². The topological polar surface area (TPSA) is 133 Å². The van der Waals surface area contributed by atoms with E-state index in [9.17, 15) is 22.8 Å². The zero-order valence-electron chi connectivity index (χ0n) is 18.0. The first-order valence-electron chi connectivity index (χ1n) is 10.3. The molecule has 35 heavy (non-hydrogen) atoms. The molecule has 2 aromatic heterocycles. The molecule has 0 bridgehead atoms. The van der Waals surface area contributed by atoms with Crippen LogP contribution in [0.3, 0.4) is 0 Å². The van der Waals surface area contributed by atoms with Gasteiger partial charge in [-0.05, 0) is 30.9 Å². The van der Waals surface area contributed by atoms with Crippen LogP contribution in [0.15, 0.2) is 34.9 Å². The number of nitrogens with zero attached hydrogens (tertiary/aromatic N) is 4. The van der Waals surface area contributed by atoms with Gasteiger partial charge in [-0.25, -0.2) is 18.2 Å². The summed E-state index contributed by atoms with van der Waals surface area (Å²) in [5.74, 6) is -4.86. The Balaban J connectivity index is 0.00000342. The first-order valence-corrected chi connectivity index (χ1v) is 10.3. The number of rotatable bonds is 7. The maximum Gasteiger partial charge on any atom is 0.320 e. The van der Waals surface area contributed by atoms with Gasteiger partial charge in [-0.2, -0.15) is 0 Å². The average molecular weight is 513 g/mol. The smallest absolute Gasteiger partial charge is 0.320 e. The molecule has 14 heteroatoms. The van der Waals surface area contributed by atoms with E-state index >= 15 is 0 Å². The number of nitrogens with one attached hydrogen (secondary N) is 2. The van der Waals surface area contributed by atoms with Gasteiger partial charge in [-0.1, -0.05) is 5.10 Å². The van der Waals surface area contributed by atoms with Gasteiger partial charge in [0.1, 0.15) is 11.6 Å². The molecule has 3 N–H and O–H groups in total. The fraction of sp³-hybridized carbons (Fsp3) is 0.286. The molecule has 3 heterocycles. The molecular weight excluding hydrogens is 493 g/mol. The molecule has 1 aliphatic rings. The lowest BCUT2D eigenvalue weighted by atomic mass is 9.94. The second kappa shape index (κ2) is 11.0. The second-order valence-electron chi connectivity index (χ2n) is 7.67. The maximum atomic E-state index is 13.7. The molecule has 0 radical (unpaired) electrons. The highest BCUT2D eigenvalue weighted by Crippen LogP contribution is 2.25. The Morgan fingerprint density at radius 3 is 2.46 bits per heavy atom. The molecule has 1 saturated heterocycles. The summed E-state index contributed by atoms with van der Waals surface area (Å²) in [5.41, 5.74) is -0.0878. The van der Waals surface area contributed by atoms with E-state index in [0.717, 1.165) is 12.8 Å². The molecule has 10 nitrogen and oxygen atoms in total. The number of amides is 1. The van der Waals surface area contributed by atoms with Crippen molar-refractivity contribution in [3.05, 3.63) is 53.8 Å². The van der Waals surface area contributed by atoms with Gasteiger partial charge >= 0.3 is 23.8 Å². The number of hydrogen-bond acceptors (Lipinski definition) is 8. The van der Waals surface area contributed by atoms with Crippen LogP contribution < -0.4 is 15.5 Å². The SMILES string of the molecule is Cl.O=C(O)CC1CCN(c2ccc(NC(=O)c3nnc(Nc4cc(F)c(F)cc4F)o3)cn2)CC1. The molecule has 0 saturated carbocycles. The summed E-state index contributed by atoms with van der Waals surface area (Å²) in [5, 5.41) is 20.8. The number of hydrogen-bond donors (Lipinski definition) is 3. The summed E-state index contributed by atoms with van der Waals surface area (Å²) in [6.07, 6.45) is 3.13. The number of aromatic nitrogens is 3. The van der Waals surface area contributed by atoms with Crippen LogP contribution in [-0.2, 0) is 4.79 Å².